The third-order valence-corrected chi connectivity index (χ3v) is 3.69. The molecule has 0 saturated carbocycles. The Morgan fingerprint density at radius 2 is 2.18 bits per heavy atom. The molecule has 1 aromatic heterocycles. The number of carbonyl (C=O) groups excluding carboxylic acids is 1. The highest BCUT2D eigenvalue weighted by atomic mass is 127. The molecular formula is C13H13FINO. The van der Waals surface area contributed by atoms with Gasteiger partial charge in [-0.05, 0) is 46.7 Å². The molecule has 0 spiro atoms. The summed E-state index contributed by atoms with van der Waals surface area (Å²) in [5.41, 5.74) is 1.41. The van der Waals surface area contributed by atoms with Crippen LogP contribution in [0.4, 0.5) is 4.39 Å². The van der Waals surface area contributed by atoms with E-state index in [1.807, 2.05) is 13.8 Å². The zero-order valence-corrected chi connectivity index (χ0v) is 11.8. The van der Waals surface area contributed by atoms with Crippen LogP contribution < -0.4 is 0 Å². The van der Waals surface area contributed by atoms with Gasteiger partial charge in [0.2, 0.25) is 0 Å². The highest BCUT2D eigenvalue weighted by Crippen LogP contribution is 2.26. The largest absolute Gasteiger partial charge is 0.351 e. The Bertz CT molecular complexity index is 574. The van der Waals surface area contributed by atoms with E-state index in [1.165, 1.54) is 12.1 Å². The van der Waals surface area contributed by atoms with Gasteiger partial charge >= 0.3 is 0 Å². The van der Waals surface area contributed by atoms with Crippen LogP contribution in [0.25, 0.3) is 10.9 Å². The monoisotopic (exact) mass is 345 g/mol. The molecule has 0 aliphatic carbocycles. The van der Waals surface area contributed by atoms with Crippen LogP contribution in [0.2, 0.25) is 0 Å². The molecule has 0 bridgehead atoms. The number of hydrogen-bond donors (Lipinski definition) is 1. The van der Waals surface area contributed by atoms with E-state index < -0.39 is 0 Å². The molecular weight excluding hydrogens is 332 g/mol. The molecule has 0 amide bonds. The van der Waals surface area contributed by atoms with Gasteiger partial charge in [-0.2, -0.15) is 0 Å². The van der Waals surface area contributed by atoms with Crippen molar-refractivity contribution in [1.29, 1.82) is 0 Å². The highest BCUT2D eigenvalue weighted by Gasteiger charge is 2.17. The number of aromatic nitrogens is 1. The molecule has 1 N–H and O–H groups in total. The quantitative estimate of drug-likeness (QED) is 0.658. The lowest BCUT2D eigenvalue weighted by molar-refractivity contribution is 0.0963. The smallest absolute Gasteiger partial charge is 0.180 e. The van der Waals surface area contributed by atoms with E-state index in [-0.39, 0.29) is 11.6 Å². The molecule has 2 aromatic rings. The predicted octanol–water partition coefficient (Wildman–Crippen LogP) is 4.14. The fourth-order valence-electron chi connectivity index (χ4n) is 1.80. The van der Waals surface area contributed by atoms with E-state index in [2.05, 4.69) is 27.6 Å². The van der Waals surface area contributed by atoms with Crippen LogP contribution in [-0.2, 0) is 0 Å². The first kappa shape index (κ1) is 12.5. The van der Waals surface area contributed by atoms with Crippen molar-refractivity contribution in [2.75, 3.05) is 0 Å². The van der Waals surface area contributed by atoms with Crippen LogP contribution in [0.1, 0.15) is 30.8 Å². The number of hydrogen-bond acceptors (Lipinski definition) is 1. The number of fused-ring (bicyclic) bond motifs is 1. The Morgan fingerprint density at radius 3 is 2.82 bits per heavy atom. The van der Waals surface area contributed by atoms with Gasteiger partial charge in [-0.3, -0.25) is 4.79 Å². The highest BCUT2D eigenvalue weighted by molar-refractivity contribution is 14.1. The Kier molecular flexibility index (Phi) is 3.51. The number of carbonyl (C=O) groups is 1. The maximum atomic E-state index is 13.1. The fraction of sp³-hybridized carbons (Fsp3) is 0.308. The van der Waals surface area contributed by atoms with Crippen molar-refractivity contribution in [2.45, 2.75) is 20.3 Å². The Labute approximate surface area is 113 Å². The van der Waals surface area contributed by atoms with Crippen LogP contribution in [-0.4, -0.2) is 10.8 Å². The second-order valence-electron chi connectivity index (χ2n) is 4.53. The molecule has 2 rings (SSSR count). The van der Waals surface area contributed by atoms with Gasteiger partial charge in [0.15, 0.2) is 5.78 Å². The lowest BCUT2D eigenvalue weighted by Crippen LogP contribution is -2.05. The van der Waals surface area contributed by atoms with E-state index in [0.717, 1.165) is 14.5 Å². The Balaban J connectivity index is 2.49. The van der Waals surface area contributed by atoms with Gasteiger partial charge in [-0.15, -0.1) is 0 Å². The standard InChI is InChI=1S/C13H13FINO/c1-7(2)5-11(17)13-12(15)9-6-8(14)3-4-10(9)16-13/h3-4,6-7,16H,5H2,1-2H3. The summed E-state index contributed by atoms with van der Waals surface area (Å²) in [6.07, 6.45) is 0.505. The van der Waals surface area contributed by atoms with Gasteiger partial charge in [0.05, 0.1) is 5.69 Å². The molecule has 0 aliphatic heterocycles. The second kappa shape index (κ2) is 4.76. The number of Topliss-reactive ketones (excluding diaryl/α,β-unsaturated/α-hetero) is 1. The van der Waals surface area contributed by atoms with Crippen molar-refractivity contribution in [3.8, 4) is 0 Å². The summed E-state index contributed by atoms with van der Waals surface area (Å²) in [5, 5.41) is 0.776. The fourth-order valence-corrected chi connectivity index (χ4v) is 2.68. The summed E-state index contributed by atoms with van der Waals surface area (Å²) in [6.45, 7) is 4.01. The van der Waals surface area contributed by atoms with Crippen molar-refractivity contribution < 1.29 is 9.18 Å². The normalized spacial score (nSPS) is 11.4. The summed E-state index contributed by atoms with van der Waals surface area (Å²) >= 11 is 2.09. The molecule has 1 heterocycles. The van der Waals surface area contributed by atoms with Crippen LogP contribution in [0, 0.1) is 15.3 Å². The van der Waals surface area contributed by atoms with Gasteiger partial charge in [-0.1, -0.05) is 13.8 Å². The number of H-pyrrole nitrogens is 1. The van der Waals surface area contributed by atoms with Crippen molar-refractivity contribution in [3.05, 3.63) is 33.3 Å². The molecule has 4 heteroatoms. The maximum Gasteiger partial charge on any atom is 0.180 e. The Morgan fingerprint density at radius 1 is 1.47 bits per heavy atom. The van der Waals surface area contributed by atoms with Crippen LogP contribution in [0.3, 0.4) is 0 Å². The van der Waals surface area contributed by atoms with Gasteiger partial charge < -0.3 is 4.98 Å². The SMILES string of the molecule is CC(C)CC(=O)c1[nH]c2ccc(F)cc2c1I. The number of nitrogens with one attached hydrogen (secondary N) is 1. The van der Waals surface area contributed by atoms with Crippen molar-refractivity contribution in [2.24, 2.45) is 5.92 Å². The van der Waals surface area contributed by atoms with Crippen molar-refractivity contribution in [3.63, 3.8) is 0 Å². The molecule has 0 fully saturated rings. The molecule has 0 radical (unpaired) electrons. The second-order valence-corrected chi connectivity index (χ2v) is 5.60. The third-order valence-electron chi connectivity index (χ3n) is 2.57. The summed E-state index contributed by atoms with van der Waals surface area (Å²) < 4.78 is 13.9. The molecule has 90 valence electrons. The van der Waals surface area contributed by atoms with Crippen LogP contribution in [0.5, 0.6) is 0 Å². The van der Waals surface area contributed by atoms with E-state index in [4.69, 9.17) is 0 Å². The molecule has 0 unspecified atom stereocenters. The van der Waals surface area contributed by atoms with Crippen molar-refractivity contribution >= 4 is 39.3 Å². The minimum absolute atomic E-state index is 0.0843. The lowest BCUT2D eigenvalue weighted by Gasteiger charge is -2.02. The average Bonchev–Trinajstić information content (AvgIpc) is 2.55. The molecule has 0 aliphatic rings. The molecule has 0 atom stereocenters. The predicted molar refractivity (Wildman–Crippen MR) is 74.8 cm³/mol. The molecule has 17 heavy (non-hydrogen) atoms. The van der Waals surface area contributed by atoms with Crippen LogP contribution in [0.15, 0.2) is 18.2 Å². The van der Waals surface area contributed by atoms with E-state index in [9.17, 15) is 9.18 Å². The minimum Gasteiger partial charge on any atom is -0.351 e. The zero-order chi connectivity index (χ0) is 12.6. The first-order chi connectivity index (χ1) is 7.99. The first-order valence-corrected chi connectivity index (χ1v) is 6.57. The summed E-state index contributed by atoms with van der Waals surface area (Å²) in [6, 6.07) is 4.52. The van der Waals surface area contributed by atoms with Gasteiger partial charge in [0.25, 0.3) is 0 Å². The van der Waals surface area contributed by atoms with Gasteiger partial charge in [0.1, 0.15) is 5.82 Å². The third kappa shape index (κ3) is 2.51. The number of halogens is 2. The molecule has 1 aromatic carbocycles. The lowest BCUT2D eigenvalue weighted by atomic mass is 10.1. The summed E-state index contributed by atoms with van der Waals surface area (Å²) in [7, 11) is 0. The van der Waals surface area contributed by atoms with E-state index in [1.54, 1.807) is 6.07 Å². The number of benzene rings is 1. The van der Waals surface area contributed by atoms with Gasteiger partial charge in [-0.25, -0.2) is 4.39 Å². The Hall–Kier alpha value is -0.910. The maximum absolute atomic E-state index is 13.1. The number of aromatic amines is 1. The minimum atomic E-state index is -0.280. The van der Waals surface area contributed by atoms with E-state index >= 15 is 0 Å². The number of ketones is 1. The van der Waals surface area contributed by atoms with E-state index in [0.29, 0.717) is 18.0 Å². The summed E-state index contributed by atoms with van der Waals surface area (Å²) in [4.78, 5) is 15.1. The van der Waals surface area contributed by atoms with Gasteiger partial charge in [0, 0.05) is 20.9 Å². The van der Waals surface area contributed by atoms with Crippen molar-refractivity contribution in [1.82, 2.24) is 4.98 Å². The first-order valence-electron chi connectivity index (χ1n) is 5.49. The topological polar surface area (TPSA) is 32.9 Å². The average molecular weight is 345 g/mol. The summed E-state index contributed by atoms with van der Waals surface area (Å²) in [5.74, 6) is 0.125. The van der Waals surface area contributed by atoms with Crippen LogP contribution >= 0.6 is 22.6 Å². The zero-order valence-electron chi connectivity index (χ0n) is 9.68. The number of rotatable bonds is 3. The molecule has 2 nitrogen and oxygen atoms in total. The molecule has 0 saturated heterocycles.